The fraction of sp³-hybridized carbons (Fsp3) is 0.211. The first-order valence-corrected chi connectivity index (χ1v) is 7.75. The van der Waals surface area contributed by atoms with Crippen LogP contribution in [0.25, 0.3) is 0 Å². The Morgan fingerprint density at radius 1 is 0.920 bits per heavy atom. The van der Waals surface area contributed by atoms with E-state index in [4.69, 9.17) is 9.57 Å². The van der Waals surface area contributed by atoms with Crippen molar-refractivity contribution in [1.29, 1.82) is 0 Å². The lowest BCUT2D eigenvalue weighted by atomic mass is 10.1. The molecule has 0 aromatic heterocycles. The fourth-order valence-corrected chi connectivity index (χ4v) is 2.43. The van der Waals surface area contributed by atoms with Crippen LogP contribution in [-0.2, 0) is 4.84 Å². The Hall–Kier alpha value is -3.15. The van der Waals surface area contributed by atoms with Crippen LogP contribution in [0.1, 0.15) is 51.8 Å². The van der Waals surface area contributed by atoms with Gasteiger partial charge in [-0.05, 0) is 51.1 Å². The lowest BCUT2D eigenvalue weighted by Gasteiger charge is -2.21. The van der Waals surface area contributed by atoms with E-state index in [0.29, 0.717) is 10.8 Å². The van der Waals surface area contributed by atoms with Gasteiger partial charge in [-0.3, -0.25) is 9.59 Å². The van der Waals surface area contributed by atoms with Crippen molar-refractivity contribution in [2.75, 3.05) is 0 Å². The number of carbonyl (C=O) groups is 3. The number of hydrogen-bond donors (Lipinski definition) is 0. The van der Waals surface area contributed by atoms with Gasteiger partial charge in [0.15, 0.2) is 0 Å². The lowest BCUT2D eigenvalue weighted by Crippen LogP contribution is -2.32. The van der Waals surface area contributed by atoms with Crippen molar-refractivity contribution in [3.8, 4) is 5.75 Å². The summed E-state index contributed by atoms with van der Waals surface area (Å²) in [5.41, 5.74) is 0.180. The standard InChI is InChI=1S/C19H17NO5/c1-19(2,3)24-13-8-6-7-12(11-13)18(23)25-20-16(21)14-9-4-5-10-15(14)17(20)22/h4-11H,1-3H3. The number of imide groups is 1. The molecule has 128 valence electrons. The smallest absolute Gasteiger partial charge is 0.364 e. The summed E-state index contributed by atoms with van der Waals surface area (Å²) in [5.74, 6) is -1.63. The van der Waals surface area contributed by atoms with Crippen molar-refractivity contribution in [2.45, 2.75) is 26.4 Å². The summed E-state index contributed by atoms with van der Waals surface area (Å²) in [6.45, 7) is 5.66. The molecule has 0 N–H and O–H groups in total. The summed E-state index contributed by atoms with van der Waals surface area (Å²) in [7, 11) is 0. The second-order valence-electron chi connectivity index (χ2n) is 6.57. The van der Waals surface area contributed by atoms with Gasteiger partial charge in [-0.1, -0.05) is 23.3 Å². The van der Waals surface area contributed by atoms with Gasteiger partial charge in [0.1, 0.15) is 11.4 Å². The zero-order valence-corrected chi connectivity index (χ0v) is 14.1. The molecule has 25 heavy (non-hydrogen) atoms. The van der Waals surface area contributed by atoms with E-state index in [1.54, 1.807) is 24.3 Å². The van der Waals surface area contributed by atoms with Crippen LogP contribution in [0.2, 0.25) is 0 Å². The molecule has 0 saturated heterocycles. The highest BCUT2D eigenvalue weighted by Gasteiger charge is 2.38. The normalized spacial score (nSPS) is 13.6. The van der Waals surface area contributed by atoms with E-state index in [0.717, 1.165) is 0 Å². The molecule has 1 aliphatic heterocycles. The molecule has 2 amide bonds. The van der Waals surface area contributed by atoms with Crippen molar-refractivity contribution >= 4 is 17.8 Å². The fourth-order valence-electron chi connectivity index (χ4n) is 2.43. The Bertz CT molecular complexity index is 831. The molecule has 1 aliphatic rings. The van der Waals surface area contributed by atoms with Crippen LogP contribution in [0.5, 0.6) is 5.75 Å². The predicted octanol–water partition coefficient (Wildman–Crippen LogP) is 3.23. The van der Waals surface area contributed by atoms with Gasteiger partial charge in [0.05, 0.1) is 16.7 Å². The average Bonchev–Trinajstić information content (AvgIpc) is 2.79. The zero-order valence-electron chi connectivity index (χ0n) is 14.1. The van der Waals surface area contributed by atoms with Gasteiger partial charge in [-0.2, -0.15) is 0 Å². The van der Waals surface area contributed by atoms with Gasteiger partial charge in [-0.15, -0.1) is 0 Å². The van der Waals surface area contributed by atoms with E-state index in [1.807, 2.05) is 20.8 Å². The van der Waals surface area contributed by atoms with E-state index >= 15 is 0 Å². The Labute approximate surface area is 144 Å². The average molecular weight is 339 g/mol. The number of amides is 2. The Morgan fingerprint density at radius 2 is 1.52 bits per heavy atom. The second-order valence-corrected chi connectivity index (χ2v) is 6.57. The van der Waals surface area contributed by atoms with Crippen LogP contribution < -0.4 is 4.74 Å². The zero-order chi connectivity index (χ0) is 18.2. The molecule has 0 spiro atoms. The van der Waals surface area contributed by atoms with Crippen molar-refractivity contribution < 1.29 is 24.0 Å². The number of hydroxylamine groups is 2. The van der Waals surface area contributed by atoms with Crippen molar-refractivity contribution in [2.24, 2.45) is 0 Å². The number of hydrogen-bond acceptors (Lipinski definition) is 5. The van der Waals surface area contributed by atoms with Crippen LogP contribution in [0, 0.1) is 0 Å². The quantitative estimate of drug-likeness (QED) is 0.803. The summed E-state index contributed by atoms with van der Waals surface area (Å²) in [4.78, 5) is 41.8. The van der Waals surface area contributed by atoms with Crippen LogP contribution in [0.15, 0.2) is 48.5 Å². The molecule has 1 heterocycles. The monoisotopic (exact) mass is 339 g/mol. The van der Waals surface area contributed by atoms with E-state index in [9.17, 15) is 14.4 Å². The van der Waals surface area contributed by atoms with Gasteiger partial charge in [-0.25, -0.2) is 4.79 Å². The van der Waals surface area contributed by atoms with Gasteiger partial charge in [0.25, 0.3) is 11.8 Å². The third-order valence-corrected chi connectivity index (χ3v) is 3.42. The second kappa shape index (κ2) is 6.05. The van der Waals surface area contributed by atoms with Crippen LogP contribution in [0.4, 0.5) is 0 Å². The van der Waals surface area contributed by atoms with E-state index in [-0.39, 0.29) is 16.7 Å². The number of rotatable bonds is 3. The molecule has 0 unspecified atom stereocenters. The maximum atomic E-state index is 12.3. The summed E-state index contributed by atoms with van der Waals surface area (Å²) in [5, 5.41) is 0.490. The van der Waals surface area contributed by atoms with Gasteiger partial charge < -0.3 is 9.57 Å². The number of ether oxygens (including phenoxy) is 1. The molecule has 0 atom stereocenters. The maximum absolute atomic E-state index is 12.3. The van der Waals surface area contributed by atoms with E-state index in [2.05, 4.69) is 0 Å². The highest BCUT2D eigenvalue weighted by atomic mass is 16.7. The van der Waals surface area contributed by atoms with Gasteiger partial charge in [0, 0.05) is 0 Å². The lowest BCUT2D eigenvalue weighted by molar-refractivity contribution is -0.0584. The molecule has 2 aromatic carbocycles. The first kappa shape index (κ1) is 16.7. The summed E-state index contributed by atoms with van der Waals surface area (Å²) in [6.07, 6.45) is 0. The van der Waals surface area contributed by atoms with E-state index in [1.165, 1.54) is 24.3 Å². The predicted molar refractivity (Wildman–Crippen MR) is 89.2 cm³/mol. The highest BCUT2D eigenvalue weighted by Crippen LogP contribution is 2.24. The molecular weight excluding hydrogens is 322 g/mol. The molecule has 0 bridgehead atoms. The van der Waals surface area contributed by atoms with Crippen molar-refractivity contribution in [3.63, 3.8) is 0 Å². The molecule has 3 rings (SSSR count). The Balaban J connectivity index is 1.79. The first-order valence-electron chi connectivity index (χ1n) is 7.75. The maximum Gasteiger partial charge on any atom is 0.364 e. The van der Waals surface area contributed by atoms with Crippen LogP contribution >= 0.6 is 0 Å². The largest absolute Gasteiger partial charge is 0.488 e. The molecule has 0 aliphatic carbocycles. The summed E-state index contributed by atoms with van der Waals surface area (Å²) < 4.78 is 5.70. The molecular formula is C19H17NO5. The van der Waals surface area contributed by atoms with Gasteiger partial charge in [0.2, 0.25) is 0 Å². The third-order valence-electron chi connectivity index (χ3n) is 3.42. The minimum Gasteiger partial charge on any atom is -0.488 e. The number of benzene rings is 2. The number of carbonyl (C=O) groups excluding carboxylic acids is 3. The van der Waals surface area contributed by atoms with Crippen molar-refractivity contribution in [3.05, 3.63) is 65.2 Å². The minimum atomic E-state index is -0.811. The molecule has 0 radical (unpaired) electrons. The van der Waals surface area contributed by atoms with Crippen LogP contribution in [0.3, 0.4) is 0 Å². The molecule has 6 heteroatoms. The molecule has 0 fully saturated rings. The van der Waals surface area contributed by atoms with Crippen molar-refractivity contribution in [1.82, 2.24) is 5.06 Å². The van der Waals surface area contributed by atoms with Crippen LogP contribution in [-0.4, -0.2) is 28.4 Å². The molecule has 0 saturated carbocycles. The first-order chi connectivity index (χ1) is 11.8. The molecule has 2 aromatic rings. The molecule has 6 nitrogen and oxygen atoms in total. The van der Waals surface area contributed by atoms with E-state index < -0.39 is 23.4 Å². The Morgan fingerprint density at radius 3 is 2.08 bits per heavy atom. The number of nitrogens with zero attached hydrogens (tertiary/aromatic N) is 1. The topological polar surface area (TPSA) is 72.9 Å². The van der Waals surface area contributed by atoms with Gasteiger partial charge >= 0.3 is 5.97 Å². The SMILES string of the molecule is CC(C)(C)Oc1cccc(C(=O)ON2C(=O)c3ccccc3C2=O)c1. The summed E-state index contributed by atoms with van der Waals surface area (Å²) in [6, 6.07) is 12.7. The minimum absolute atomic E-state index is 0.179. The number of fused-ring (bicyclic) bond motifs is 1. The Kier molecular flexibility index (Phi) is 4.04. The summed E-state index contributed by atoms with van der Waals surface area (Å²) >= 11 is 0. The highest BCUT2D eigenvalue weighted by molar-refractivity contribution is 6.21. The third kappa shape index (κ3) is 3.38.